The fraction of sp³-hybridized carbons (Fsp3) is 0.222. The molecule has 1 unspecified atom stereocenters. The lowest BCUT2D eigenvalue weighted by Gasteiger charge is -2.08. The van der Waals surface area contributed by atoms with Gasteiger partial charge in [0.2, 0.25) is 0 Å². The normalized spacial score (nSPS) is 13.2. The topological polar surface area (TPSA) is 85.6 Å². The maximum absolute atomic E-state index is 12.6. The van der Waals surface area contributed by atoms with Gasteiger partial charge in [-0.3, -0.25) is 14.8 Å². The first kappa shape index (κ1) is 24.5. The number of carbonyl (C=O) groups excluding carboxylic acids is 1. The Balaban J connectivity index is 0.00000103. The quantitative estimate of drug-likeness (QED) is 0.502. The monoisotopic (exact) mass is 454 g/mol. The van der Waals surface area contributed by atoms with E-state index in [2.05, 4.69) is 36.6 Å². The lowest BCUT2D eigenvalue weighted by molar-refractivity contribution is 0.0965. The second-order valence-corrected chi connectivity index (χ2v) is 7.80. The third-order valence-corrected chi connectivity index (χ3v) is 4.98. The number of hydrogen-bond donors (Lipinski definition) is 1. The summed E-state index contributed by atoms with van der Waals surface area (Å²) in [5, 5.41) is 11.1. The Morgan fingerprint density at radius 2 is 1.91 bits per heavy atom. The van der Waals surface area contributed by atoms with Gasteiger partial charge in [-0.2, -0.15) is 0 Å². The van der Waals surface area contributed by atoms with Gasteiger partial charge in [0.25, 0.3) is 5.91 Å². The van der Waals surface area contributed by atoms with Crippen LogP contribution in [0.4, 0.5) is 0 Å². The summed E-state index contributed by atoms with van der Waals surface area (Å²) >= 11 is 0. The molecule has 1 saturated carbocycles. The molecular weight excluding hydrogens is 424 g/mol. The predicted octanol–water partition coefficient (Wildman–Crippen LogP) is 5.43. The number of hydrogen-bond acceptors (Lipinski definition) is 5. The van der Waals surface area contributed by atoms with E-state index in [0.29, 0.717) is 11.7 Å². The molecule has 0 radical (unpaired) electrons. The molecule has 3 aromatic heterocycles. The van der Waals surface area contributed by atoms with Gasteiger partial charge in [0.1, 0.15) is 17.8 Å². The maximum Gasteiger partial charge on any atom is 0.273 e. The highest BCUT2D eigenvalue weighted by atomic mass is 16.1. The van der Waals surface area contributed by atoms with Crippen molar-refractivity contribution in [3.05, 3.63) is 110 Å². The molecule has 0 spiro atoms. The molecular formula is C27H30N6O. The Morgan fingerprint density at radius 3 is 2.71 bits per heavy atom. The van der Waals surface area contributed by atoms with Gasteiger partial charge < -0.3 is 9.88 Å². The van der Waals surface area contributed by atoms with E-state index in [1.165, 1.54) is 12.8 Å². The van der Waals surface area contributed by atoms with E-state index < -0.39 is 0 Å². The molecule has 3 heterocycles. The summed E-state index contributed by atoms with van der Waals surface area (Å²) in [7, 11) is 0. The van der Waals surface area contributed by atoms with Crippen molar-refractivity contribution in [1.82, 2.24) is 30.0 Å². The number of allylic oxidation sites excluding steroid dienone is 2. The molecule has 0 aromatic carbocycles. The highest BCUT2D eigenvalue weighted by Gasteiger charge is 2.27. The van der Waals surface area contributed by atoms with E-state index in [0.717, 1.165) is 17.0 Å². The number of amides is 1. The molecule has 1 aliphatic rings. The van der Waals surface area contributed by atoms with Gasteiger partial charge in [0.15, 0.2) is 0 Å². The molecule has 7 nitrogen and oxygen atoms in total. The SMILES string of the molecule is C=CC.CC(/C=C/NC(=O)c1cc(-c2cccccccnc2)ccn1)c1nncn1C1CC1. The fourth-order valence-electron chi connectivity index (χ4n) is 3.16. The first-order valence-electron chi connectivity index (χ1n) is 11.3. The lowest BCUT2D eigenvalue weighted by Crippen LogP contribution is -2.18. The van der Waals surface area contributed by atoms with Crippen LogP contribution in [-0.4, -0.2) is 30.6 Å². The van der Waals surface area contributed by atoms with Crippen LogP contribution in [0, 0.1) is 0 Å². The van der Waals surface area contributed by atoms with Crippen LogP contribution in [0.5, 0.6) is 0 Å². The smallest absolute Gasteiger partial charge is 0.273 e. The molecule has 34 heavy (non-hydrogen) atoms. The lowest BCUT2D eigenvalue weighted by atomic mass is 10.1. The number of nitrogens with zero attached hydrogens (tertiary/aromatic N) is 5. The van der Waals surface area contributed by atoms with Crippen molar-refractivity contribution in [3.63, 3.8) is 0 Å². The fourth-order valence-corrected chi connectivity index (χ4v) is 3.16. The van der Waals surface area contributed by atoms with Gasteiger partial charge >= 0.3 is 0 Å². The Morgan fingerprint density at radius 1 is 1.15 bits per heavy atom. The minimum atomic E-state index is -0.273. The van der Waals surface area contributed by atoms with E-state index in [-0.39, 0.29) is 11.8 Å². The molecule has 4 rings (SSSR count). The third-order valence-electron chi connectivity index (χ3n) is 4.98. The average Bonchev–Trinajstić information content (AvgIpc) is 3.58. The molecule has 174 valence electrons. The largest absolute Gasteiger partial charge is 0.328 e. The molecule has 1 amide bonds. The highest BCUT2D eigenvalue weighted by Crippen LogP contribution is 2.36. The van der Waals surface area contributed by atoms with Gasteiger partial charge in [-0.25, -0.2) is 0 Å². The minimum Gasteiger partial charge on any atom is -0.328 e. The number of nitrogens with one attached hydrogen (secondary N) is 1. The highest BCUT2D eigenvalue weighted by molar-refractivity contribution is 5.94. The number of rotatable bonds is 6. The van der Waals surface area contributed by atoms with E-state index in [1.807, 2.05) is 62.4 Å². The van der Waals surface area contributed by atoms with Crippen molar-refractivity contribution >= 4 is 5.91 Å². The number of carbonyl (C=O) groups is 1. The van der Waals surface area contributed by atoms with E-state index in [4.69, 9.17) is 0 Å². The zero-order valence-electron chi connectivity index (χ0n) is 19.6. The molecule has 7 heteroatoms. The summed E-state index contributed by atoms with van der Waals surface area (Å²) in [5.74, 6) is 0.679. The summed E-state index contributed by atoms with van der Waals surface area (Å²) in [4.78, 5) is 21.1. The van der Waals surface area contributed by atoms with Crippen molar-refractivity contribution in [2.45, 2.75) is 38.6 Å². The molecule has 1 aliphatic carbocycles. The molecule has 0 bridgehead atoms. The van der Waals surface area contributed by atoms with Crippen LogP contribution >= 0.6 is 0 Å². The first-order valence-corrected chi connectivity index (χ1v) is 11.3. The number of aromatic nitrogens is 5. The van der Waals surface area contributed by atoms with Crippen LogP contribution in [0.2, 0.25) is 0 Å². The minimum absolute atomic E-state index is 0.0425. The van der Waals surface area contributed by atoms with Crippen molar-refractivity contribution < 1.29 is 4.79 Å². The van der Waals surface area contributed by atoms with Crippen LogP contribution < -0.4 is 5.32 Å². The molecule has 0 saturated heterocycles. The zero-order chi connectivity index (χ0) is 24.2. The van der Waals surface area contributed by atoms with Crippen LogP contribution in [0.25, 0.3) is 11.1 Å². The second kappa shape index (κ2) is 12.8. The Kier molecular flexibility index (Phi) is 9.22. The zero-order valence-corrected chi connectivity index (χ0v) is 19.6. The standard InChI is InChI=1S/C24H24N6O.C3H6/c1-18(23-29-28-17-30(23)21-8-9-21)10-13-27-24(31)22-15-19(11-14-26-22)20-7-5-3-2-4-6-12-25-16-20;1-3-2/h2-7,10-18,21H,8-9H2,1H3,(H,27,31);3H,1H2,2H3/b3-2?,4-2?,5-3?,6-4?,7-5?,12-6?,13-10+,20-7?,20-16?,25-12?,25-16?;. The van der Waals surface area contributed by atoms with Crippen molar-refractivity contribution in [2.24, 2.45) is 0 Å². The summed E-state index contributed by atoms with van der Waals surface area (Å²) in [5.41, 5.74) is 2.08. The summed E-state index contributed by atoms with van der Waals surface area (Å²) < 4.78 is 2.12. The van der Waals surface area contributed by atoms with Gasteiger partial charge in [0, 0.05) is 42.3 Å². The van der Waals surface area contributed by atoms with E-state index in [1.54, 1.807) is 43.3 Å². The van der Waals surface area contributed by atoms with Crippen molar-refractivity contribution in [3.8, 4) is 11.1 Å². The molecule has 1 fully saturated rings. The van der Waals surface area contributed by atoms with Gasteiger partial charge in [-0.1, -0.05) is 49.4 Å². The van der Waals surface area contributed by atoms with Crippen LogP contribution in [-0.2, 0) is 0 Å². The van der Waals surface area contributed by atoms with Gasteiger partial charge in [-0.15, -0.1) is 16.8 Å². The summed E-state index contributed by atoms with van der Waals surface area (Å²) in [6.45, 7) is 7.28. The molecule has 3 aromatic rings. The van der Waals surface area contributed by atoms with Gasteiger partial charge in [0.05, 0.1) is 0 Å². The average molecular weight is 455 g/mol. The summed E-state index contributed by atoms with van der Waals surface area (Å²) in [6.07, 6.45) is 14.5. The van der Waals surface area contributed by atoms with E-state index in [9.17, 15) is 4.79 Å². The second-order valence-electron chi connectivity index (χ2n) is 7.80. The molecule has 0 aliphatic heterocycles. The Labute approximate surface area is 200 Å². The first-order chi connectivity index (χ1) is 16.6. The van der Waals surface area contributed by atoms with Gasteiger partial charge in [-0.05, 0) is 43.5 Å². The Bertz CT molecular complexity index is 1160. The van der Waals surface area contributed by atoms with Crippen LogP contribution in [0.15, 0.2) is 98.4 Å². The van der Waals surface area contributed by atoms with Crippen LogP contribution in [0.3, 0.4) is 0 Å². The predicted molar refractivity (Wildman–Crippen MR) is 134 cm³/mol. The van der Waals surface area contributed by atoms with Crippen LogP contribution in [0.1, 0.15) is 55.0 Å². The Hall–Kier alpha value is -4.13. The molecule has 1 N–H and O–H groups in total. The maximum atomic E-state index is 12.6. The van der Waals surface area contributed by atoms with Crippen molar-refractivity contribution in [2.75, 3.05) is 0 Å². The number of pyridine rings is 1. The third kappa shape index (κ3) is 7.20. The molecule has 1 atom stereocenters. The van der Waals surface area contributed by atoms with E-state index >= 15 is 0 Å². The van der Waals surface area contributed by atoms with Crippen molar-refractivity contribution in [1.29, 1.82) is 0 Å². The summed E-state index contributed by atoms with van der Waals surface area (Å²) in [6, 6.07) is 15.6.